The van der Waals surface area contributed by atoms with Gasteiger partial charge in [-0.25, -0.2) is 0 Å². The first-order chi connectivity index (χ1) is 13.2. The highest BCUT2D eigenvalue weighted by atomic mass is 35.5. The van der Waals surface area contributed by atoms with Crippen molar-refractivity contribution in [3.05, 3.63) is 70.2 Å². The molecule has 0 heterocycles. The molecule has 2 aromatic rings. The second-order valence-electron chi connectivity index (χ2n) is 7.14. The summed E-state index contributed by atoms with van der Waals surface area (Å²) in [5, 5.41) is 13.7. The minimum atomic E-state index is -4.43. The van der Waals surface area contributed by atoms with Gasteiger partial charge in [0.25, 0.3) is 0 Å². The van der Waals surface area contributed by atoms with Gasteiger partial charge in [-0.05, 0) is 48.2 Å². The van der Waals surface area contributed by atoms with E-state index < -0.39 is 23.3 Å². The quantitative estimate of drug-likeness (QED) is 0.725. The molecule has 28 heavy (non-hydrogen) atoms. The van der Waals surface area contributed by atoms with Crippen molar-refractivity contribution in [1.29, 1.82) is 0 Å². The van der Waals surface area contributed by atoms with E-state index in [1.807, 2.05) is 12.1 Å². The van der Waals surface area contributed by atoms with Crippen LogP contribution in [0.1, 0.15) is 48.5 Å². The van der Waals surface area contributed by atoms with E-state index >= 15 is 0 Å². The molecule has 0 aromatic heterocycles. The molecule has 3 rings (SSSR count). The molecule has 150 valence electrons. The second kappa shape index (κ2) is 8.13. The van der Waals surface area contributed by atoms with Gasteiger partial charge >= 0.3 is 6.18 Å². The summed E-state index contributed by atoms with van der Waals surface area (Å²) in [4.78, 5) is 13.0. The van der Waals surface area contributed by atoms with Gasteiger partial charge in [-0.15, -0.1) is 0 Å². The number of halogens is 4. The van der Waals surface area contributed by atoms with E-state index in [1.165, 1.54) is 12.1 Å². The molecule has 0 spiro atoms. The number of aliphatic hydroxyl groups is 1. The molecular weight excluding hydrogens is 391 g/mol. The standard InChI is InChI=1S/C21H21ClF3NO2/c22-17-9-7-15(8-10-17)20(11-1-2-12-20)19(28)26-13-18(27)14-3-5-16(6-4-14)21(23,24)25/h3-10,18,27H,1-2,11-13H2,(H,26,28). The van der Waals surface area contributed by atoms with Gasteiger partial charge in [0.05, 0.1) is 17.1 Å². The molecule has 1 unspecified atom stereocenters. The molecule has 1 amide bonds. The zero-order valence-corrected chi connectivity index (χ0v) is 15.9. The highest BCUT2D eigenvalue weighted by Crippen LogP contribution is 2.41. The summed E-state index contributed by atoms with van der Waals surface area (Å²) in [6, 6.07) is 11.5. The van der Waals surface area contributed by atoms with Crippen LogP contribution in [-0.2, 0) is 16.4 Å². The summed E-state index contributed by atoms with van der Waals surface area (Å²) in [6.07, 6.45) is -2.25. The fourth-order valence-electron chi connectivity index (χ4n) is 3.76. The summed E-state index contributed by atoms with van der Waals surface area (Å²) in [5.41, 5.74) is -0.235. The molecule has 2 N–H and O–H groups in total. The smallest absolute Gasteiger partial charge is 0.387 e. The van der Waals surface area contributed by atoms with Crippen LogP contribution in [-0.4, -0.2) is 17.6 Å². The summed E-state index contributed by atoms with van der Waals surface area (Å²) in [6.45, 7) is -0.0699. The molecule has 0 saturated heterocycles. The Morgan fingerprint density at radius 3 is 2.18 bits per heavy atom. The second-order valence-corrected chi connectivity index (χ2v) is 7.58. The lowest BCUT2D eigenvalue weighted by Gasteiger charge is -2.29. The van der Waals surface area contributed by atoms with Crippen LogP contribution in [0, 0.1) is 0 Å². The molecule has 1 fully saturated rings. The number of hydrogen-bond donors (Lipinski definition) is 2. The molecule has 1 atom stereocenters. The highest BCUT2D eigenvalue weighted by molar-refractivity contribution is 6.30. The first-order valence-corrected chi connectivity index (χ1v) is 9.50. The SMILES string of the molecule is O=C(NCC(O)c1ccc(C(F)(F)F)cc1)C1(c2ccc(Cl)cc2)CCCC1. The monoisotopic (exact) mass is 411 g/mol. The third-order valence-corrected chi connectivity index (χ3v) is 5.62. The minimum absolute atomic E-state index is 0.0699. The Morgan fingerprint density at radius 2 is 1.64 bits per heavy atom. The van der Waals surface area contributed by atoms with Gasteiger partial charge in [-0.2, -0.15) is 13.2 Å². The molecule has 0 aliphatic heterocycles. The molecule has 1 aliphatic rings. The number of aliphatic hydroxyl groups excluding tert-OH is 1. The van der Waals surface area contributed by atoms with Crippen molar-refractivity contribution in [2.24, 2.45) is 0 Å². The van der Waals surface area contributed by atoms with Crippen molar-refractivity contribution >= 4 is 17.5 Å². The average molecular weight is 412 g/mol. The van der Waals surface area contributed by atoms with Crippen molar-refractivity contribution < 1.29 is 23.1 Å². The number of amides is 1. The molecule has 3 nitrogen and oxygen atoms in total. The topological polar surface area (TPSA) is 49.3 Å². The number of carbonyl (C=O) groups is 1. The van der Waals surface area contributed by atoms with E-state index in [0.717, 1.165) is 30.5 Å². The van der Waals surface area contributed by atoms with Gasteiger partial charge < -0.3 is 10.4 Å². The maximum absolute atomic E-state index is 13.0. The predicted molar refractivity (Wildman–Crippen MR) is 101 cm³/mol. The van der Waals surface area contributed by atoms with Gasteiger partial charge in [0, 0.05) is 11.6 Å². The normalized spacial score (nSPS) is 17.3. The van der Waals surface area contributed by atoms with Gasteiger partial charge in [-0.1, -0.05) is 48.7 Å². The molecule has 1 saturated carbocycles. The molecular formula is C21H21ClF3NO2. The third-order valence-electron chi connectivity index (χ3n) is 5.37. The van der Waals surface area contributed by atoms with Gasteiger partial charge in [0.2, 0.25) is 5.91 Å². The van der Waals surface area contributed by atoms with Crippen LogP contribution in [0.2, 0.25) is 5.02 Å². The van der Waals surface area contributed by atoms with Crippen LogP contribution in [0.25, 0.3) is 0 Å². The number of rotatable bonds is 5. The summed E-state index contributed by atoms with van der Waals surface area (Å²) in [5.74, 6) is -0.182. The van der Waals surface area contributed by atoms with E-state index in [0.29, 0.717) is 23.4 Å². The summed E-state index contributed by atoms with van der Waals surface area (Å²) in [7, 11) is 0. The zero-order chi connectivity index (χ0) is 20.4. The van der Waals surface area contributed by atoms with Crippen LogP contribution in [0.5, 0.6) is 0 Å². The first-order valence-electron chi connectivity index (χ1n) is 9.12. The van der Waals surface area contributed by atoms with E-state index in [1.54, 1.807) is 12.1 Å². The van der Waals surface area contributed by atoms with Gasteiger partial charge in [-0.3, -0.25) is 4.79 Å². The van der Waals surface area contributed by atoms with Crippen molar-refractivity contribution in [1.82, 2.24) is 5.32 Å². The van der Waals surface area contributed by atoms with Gasteiger partial charge in [0.15, 0.2) is 0 Å². The Labute approximate surface area is 166 Å². The van der Waals surface area contributed by atoms with Gasteiger partial charge in [0.1, 0.15) is 0 Å². The first kappa shape index (κ1) is 20.7. The van der Waals surface area contributed by atoms with Crippen LogP contribution in [0.3, 0.4) is 0 Å². The summed E-state index contributed by atoms with van der Waals surface area (Å²) < 4.78 is 37.9. The number of benzene rings is 2. The maximum atomic E-state index is 13.0. The molecule has 0 bridgehead atoms. The van der Waals surface area contributed by atoms with E-state index in [9.17, 15) is 23.1 Å². The Kier molecular flexibility index (Phi) is 6.01. The Hall–Kier alpha value is -2.05. The van der Waals surface area contributed by atoms with Crippen molar-refractivity contribution in [2.75, 3.05) is 6.54 Å². The molecule has 0 radical (unpaired) electrons. The number of hydrogen-bond acceptors (Lipinski definition) is 2. The van der Waals surface area contributed by atoms with Crippen LogP contribution in [0.15, 0.2) is 48.5 Å². The fourth-order valence-corrected chi connectivity index (χ4v) is 3.89. The van der Waals surface area contributed by atoms with E-state index in [-0.39, 0.29) is 12.5 Å². The Morgan fingerprint density at radius 1 is 1.07 bits per heavy atom. The minimum Gasteiger partial charge on any atom is -0.387 e. The molecule has 7 heteroatoms. The lowest BCUT2D eigenvalue weighted by atomic mass is 9.78. The van der Waals surface area contributed by atoms with Crippen LogP contribution in [0.4, 0.5) is 13.2 Å². The number of nitrogens with one attached hydrogen (secondary N) is 1. The van der Waals surface area contributed by atoms with E-state index in [2.05, 4.69) is 5.32 Å². The van der Waals surface area contributed by atoms with Crippen LogP contribution < -0.4 is 5.32 Å². The maximum Gasteiger partial charge on any atom is 0.416 e. The van der Waals surface area contributed by atoms with Crippen LogP contribution >= 0.6 is 11.6 Å². The van der Waals surface area contributed by atoms with Crippen molar-refractivity contribution in [3.8, 4) is 0 Å². The Bertz CT molecular complexity index is 813. The molecule has 1 aliphatic carbocycles. The lowest BCUT2D eigenvalue weighted by molar-refractivity contribution is -0.137. The fraction of sp³-hybridized carbons (Fsp3) is 0.381. The number of alkyl halides is 3. The predicted octanol–water partition coefficient (Wildman–Crippen LogP) is 5.02. The Balaban J connectivity index is 1.68. The largest absolute Gasteiger partial charge is 0.416 e. The highest BCUT2D eigenvalue weighted by Gasteiger charge is 2.42. The van der Waals surface area contributed by atoms with E-state index in [4.69, 9.17) is 11.6 Å². The lowest BCUT2D eigenvalue weighted by Crippen LogP contribution is -2.44. The third kappa shape index (κ3) is 4.33. The zero-order valence-electron chi connectivity index (χ0n) is 15.1. The number of carbonyl (C=O) groups excluding carboxylic acids is 1. The van der Waals surface area contributed by atoms with Crippen molar-refractivity contribution in [3.63, 3.8) is 0 Å². The molecule has 2 aromatic carbocycles. The average Bonchev–Trinajstić information content (AvgIpc) is 3.17. The van der Waals surface area contributed by atoms with Crippen molar-refractivity contribution in [2.45, 2.75) is 43.4 Å². The summed E-state index contributed by atoms with van der Waals surface area (Å²) >= 11 is 5.95.